The molecule has 0 saturated heterocycles. The van der Waals surface area contributed by atoms with Gasteiger partial charge in [0.05, 0.1) is 22.7 Å². The van der Waals surface area contributed by atoms with Gasteiger partial charge in [-0.25, -0.2) is 0 Å². The number of furan rings is 1. The number of nitrogens with two attached hydrogens (primary N) is 1. The number of halogens is 2. The van der Waals surface area contributed by atoms with Crippen LogP contribution >= 0.6 is 23.2 Å². The van der Waals surface area contributed by atoms with Gasteiger partial charge in [0, 0.05) is 28.7 Å². The summed E-state index contributed by atoms with van der Waals surface area (Å²) >= 11 is 12.7. The summed E-state index contributed by atoms with van der Waals surface area (Å²) in [7, 11) is 1.49. The third-order valence-corrected chi connectivity index (χ3v) is 6.02. The lowest BCUT2D eigenvalue weighted by Crippen LogP contribution is -2.35. The minimum atomic E-state index is -0.647. The van der Waals surface area contributed by atoms with E-state index in [1.54, 1.807) is 54.6 Å². The molecule has 0 saturated carbocycles. The standard InChI is InChI=1S/C26H17Cl2N3O5/c1-34-21-10-8-16(25(29)32)22-17-11-14(7-9-20(17)35-24(21)22)26(33)31(36-15-5-3-2-4-6-15)23-18(27)12-30-13-19(23)28/h2-13H,1H3,(H2,29,32). The molecule has 0 fully saturated rings. The van der Waals surface area contributed by atoms with Crippen LogP contribution in [0.4, 0.5) is 5.69 Å². The third-order valence-electron chi connectivity index (χ3n) is 5.47. The molecule has 0 spiro atoms. The predicted molar refractivity (Wildman–Crippen MR) is 137 cm³/mol. The Bertz CT molecular complexity index is 1620. The quantitative estimate of drug-likeness (QED) is 0.273. The number of fused-ring (bicyclic) bond motifs is 3. The number of aromatic nitrogens is 1. The summed E-state index contributed by atoms with van der Waals surface area (Å²) in [6.07, 6.45) is 2.71. The molecule has 5 rings (SSSR count). The molecule has 2 heterocycles. The average Bonchev–Trinajstić information content (AvgIpc) is 3.26. The third kappa shape index (κ3) is 4.06. The number of pyridine rings is 1. The molecule has 10 heteroatoms. The lowest BCUT2D eigenvalue weighted by Gasteiger charge is -2.24. The number of rotatable bonds is 6. The molecular weight excluding hydrogens is 505 g/mol. The number of para-hydroxylation sites is 1. The maximum atomic E-state index is 13.8. The molecule has 3 aromatic carbocycles. The van der Waals surface area contributed by atoms with Crippen LogP contribution in [0.5, 0.6) is 11.5 Å². The average molecular weight is 522 g/mol. The predicted octanol–water partition coefficient (Wildman–Crippen LogP) is 6.04. The van der Waals surface area contributed by atoms with Crippen LogP contribution in [0.2, 0.25) is 10.0 Å². The lowest BCUT2D eigenvalue weighted by atomic mass is 10.0. The Balaban J connectivity index is 1.69. The fraction of sp³-hybridized carbons (Fsp3) is 0.0385. The first kappa shape index (κ1) is 23.5. The highest BCUT2D eigenvalue weighted by atomic mass is 35.5. The van der Waals surface area contributed by atoms with E-state index in [0.717, 1.165) is 5.06 Å². The molecule has 2 aromatic heterocycles. The largest absolute Gasteiger partial charge is 0.493 e. The van der Waals surface area contributed by atoms with Crippen LogP contribution in [0, 0.1) is 0 Å². The number of anilines is 1. The number of carbonyl (C=O) groups excluding carboxylic acids is 2. The molecule has 0 radical (unpaired) electrons. The molecule has 36 heavy (non-hydrogen) atoms. The first-order chi connectivity index (χ1) is 17.4. The van der Waals surface area contributed by atoms with Gasteiger partial charge in [-0.1, -0.05) is 41.4 Å². The summed E-state index contributed by atoms with van der Waals surface area (Å²) in [4.78, 5) is 35.8. The monoisotopic (exact) mass is 521 g/mol. The van der Waals surface area contributed by atoms with Crippen molar-refractivity contribution in [3.8, 4) is 11.5 Å². The molecule has 0 unspecified atom stereocenters. The number of nitrogens with zero attached hydrogens (tertiary/aromatic N) is 2. The number of carbonyl (C=O) groups is 2. The van der Waals surface area contributed by atoms with Crippen LogP contribution in [0.3, 0.4) is 0 Å². The Labute approximate surface area is 214 Å². The maximum absolute atomic E-state index is 13.8. The molecule has 2 N–H and O–H groups in total. The van der Waals surface area contributed by atoms with Gasteiger partial charge in [0.2, 0.25) is 5.91 Å². The van der Waals surface area contributed by atoms with Gasteiger partial charge in [-0.3, -0.25) is 14.6 Å². The summed E-state index contributed by atoms with van der Waals surface area (Å²) in [5.74, 6) is -0.422. The van der Waals surface area contributed by atoms with Crippen LogP contribution in [-0.4, -0.2) is 23.9 Å². The molecule has 2 amide bonds. The molecular formula is C26H17Cl2N3O5. The van der Waals surface area contributed by atoms with Crippen LogP contribution in [0.25, 0.3) is 21.9 Å². The van der Waals surface area contributed by atoms with E-state index in [4.69, 9.17) is 42.9 Å². The Morgan fingerprint density at radius 1 is 1.00 bits per heavy atom. The van der Waals surface area contributed by atoms with Gasteiger partial charge in [0.15, 0.2) is 17.1 Å². The number of primary amides is 1. The number of ether oxygens (including phenoxy) is 1. The topological polar surface area (TPSA) is 108 Å². The van der Waals surface area contributed by atoms with Gasteiger partial charge in [-0.15, -0.1) is 5.06 Å². The first-order valence-corrected chi connectivity index (χ1v) is 11.3. The van der Waals surface area contributed by atoms with Crippen molar-refractivity contribution in [2.24, 2.45) is 5.73 Å². The zero-order chi connectivity index (χ0) is 25.4. The van der Waals surface area contributed by atoms with E-state index in [9.17, 15) is 9.59 Å². The van der Waals surface area contributed by atoms with E-state index < -0.39 is 11.8 Å². The normalized spacial score (nSPS) is 11.0. The van der Waals surface area contributed by atoms with Crippen LogP contribution in [0.15, 0.2) is 77.5 Å². The van der Waals surface area contributed by atoms with Crippen LogP contribution in [-0.2, 0) is 0 Å². The fourth-order valence-corrected chi connectivity index (χ4v) is 4.37. The van der Waals surface area contributed by atoms with Crippen molar-refractivity contribution in [1.29, 1.82) is 0 Å². The molecule has 8 nitrogen and oxygen atoms in total. The number of benzene rings is 3. The van der Waals surface area contributed by atoms with Crippen molar-refractivity contribution in [3.05, 3.63) is 94.2 Å². The minimum absolute atomic E-state index is 0.113. The highest BCUT2D eigenvalue weighted by Crippen LogP contribution is 2.39. The van der Waals surface area contributed by atoms with Crippen molar-refractivity contribution in [2.75, 3.05) is 12.2 Å². The van der Waals surface area contributed by atoms with Gasteiger partial charge < -0.3 is 19.7 Å². The maximum Gasteiger partial charge on any atom is 0.291 e. The lowest BCUT2D eigenvalue weighted by molar-refractivity contribution is 0.0880. The van der Waals surface area contributed by atoms with Gasteiger partial charge in [0.25, 0.3) is 5.91 Å². The van der Waals surface area contributed by atoms with Crippen molar-refractivity contribution >= 4 is 62.6 Å². The molecule has 180 valence electrons. The minimum Gasteiger partial charge on any atom is -0.493 e. The van der Waals surface area contributed by atoms with E-state index in [2.05, 4.69) is 4.98 Å². The summed E-state index contributed by atoms with van der Waals surface area (Å²) in [5, 5.41) is 2.16. The van der Waals surface area contributed by atoms with E-state index in [1.165, 1.54) is 19.5 Å². The molecule has 0 aliphatic heterocycles. The van der Waals surface area contributed by atoms with Crippen LogP contribution in [0.1, 0.15) is 20.7 Å². The molecule has 0 aliphatic rings. The summed E-state index contributed by atoms with van der Waals surface area (Å²) in [6, 6.07) is 16.6. The zero-order valence-electron chi connectivity index (χ0n) is 18.7. The van der Waals surface area contributed by atoms with Gasteiger partial charge in [-0.2, -0.15) is 0 Å². The smallest absolute Gasteiger partial charge is 0.291 e. The van der Waals surface area contributed by atoms with E-state index in [1.807, 2.05) is 6.07 Å². The van der Waals surface area contributed by atoms with Crippen LogP contribution < -0.4 is 20.4 Å². The molecule has 0 bridgehead atoms. The molecule has 0 atom stereocenters. The summed E-state index contributed by atoms with van der Waals surface area (Å²) in [5.41, 5.74) is 6.95. The molecule has 5 aromatic rings. The Morgan fingerprint density at radius 2 is 1.72 bits per heavy atom. The number of hydrogen-bond donors (Lipinski definition) is 1. The van der Waals surface area contributed by atoms with Crippen molar-refractivity contribution in [1.82, 2.24) is 4.98 Å². The number of hydrogen-bond acceptors (Lipinski definition) is 6. The Kier molecular flexibility index (Phi) is 6.13. The van der Waals surface area contributed by atoms with Gasteiger partial charge in [-0.05, 0) is 42.5 Å². The Morgan fingerprint density at radius 3 is 2.39 bits per heavy atom. The summed E-state index contributed by atoms with van der Waals surface area (Å²) in [6.45, 7) is 0. The highest BCUT2D eigenvalue weighted by Gasteiger charge is 2.27. The number of hydroxylamine groups is 1. The van der Waals surface area contributed by atoms with Gasteiger partial charge >= 0.3 is 0 Å². The van der Waals surface area contributed by atoms with Crippen molar-refractivity contribution in [2.45, 2.75) is 0 Å². The van der Waals surface area contributed by atoms with E-state index in [0.29, 0.717) is 33.4 Å². The second kappa shape index (κ2) is 9.41. The molecule has 0 aliphatic carbocycles. The zero-order valence-corrected chi connectivity index (χ0v) is 20.2. The summed E-state index contributed by atoms with van der Waals surface area (Å²) < 4.78 is 11.3. The second-order valence-corrected chi connectivity index (χ2v) is 8.47. The van der Waals surface area contributed by atoms with Gasteiger partial charge in [0.1, 0.15) is 11.3 Å². The van der Waals surface area contributed by atoms with Crippen molar-refractivity contribution < 1.29 is 23.6 Å². The van der Waals surface area contributed by atoms with E-state index >= 15 is 0 Å². The Hall–Kier alpha value is -4.27. The number of methoxy groups -OCH3 is 1. The SMILES string of the molecule is COc1ccc(C(N)=O)c2c1oc1ccc(C(=O)N(Oc3ccccc3)c3c(Cl)cncc3Cl)cc12. The number of amides is 2. The van der Waals surface area contributed by atoms with E-state index in [-0.39, 0.29) is 26.9 Å². The second-order valence-electron chi connectivity index (χ2n) is 7.65. The fourth-order valence-electron chi connectivity index (χ4n) is 3.85. The van der Waals surface area contributed by atoms with Crippen molar-refractivity contribution in [3.63, 3.8) is 0 Å². The first-order valence-electron chi connectivity index (χ1n) is 10.6. The highest BCUT2D eigenvalue weighted by molar-refractivity contribution is 6.39.